The van der Waals surface area contributed by atoms with E-state index in [1.165, 1.54) is 0 Å². The van der Waals surface area contributed by atoms with Gasteiger partial charge in [0.2, 0.25) is 0 Å². The Morgan fingerprint density at radius 3 is 2.29 bits per heavy atom. The molecule has 2 N–H and O–H groups in total. The van der Waals surface area contributed by atoms with Crippen molar-refractivity contribution in [1.29, 1.82) is 0 Å². The minimum Gasteiger partial charge on any atom is -0.505 e. The van der Waals surface area contributed by atoms with Crippen LogP contribution in [-0.4, -0.2) is 13.5 Å². The monoisotopic (exact) mass is 403 g/mol. The van der Waals surface area contributed by atoms with Crippen molar-refractivity contribution in [2.75, 3.05) is 4.72 Å². The first-order valence-electron chi connectivity index (χ1n) is 5.99. The van der Waals surface area contributed by atoms with Crippen molar-refractivity contribution in [3.8, 4) is 5.75 Å². The van der Waals surface area contributed by atoms with E-state index < -0.39 is 43.9 Å². The highest BCUT2D eigenvalue weighted by atomic mass is 35.5. The number of rotatable bonds is 3. The fourth-order valence-electron chi connectivity index (χ4n) is 1.76. The lowest BCUT2D eigenvalue weighted by Crippen LogP contribution is -2.15. The van der Waals surface area contributed by atoms with E-state index in [0.29, 0.717) is 6.07 Å². The number of anilines is 1. The Morgan fingerprint density at radius 2 is 1.71 bits per heavy atom. The molecule has 2 aromatic carbocycles. The molecule has 4 nitrogen and oxygen atoms in total. The highest BCUT2D eigenvalue weighted by Crippen LogP contribution is 2.36. The maximum Gasteiger partial charge on any atom is 0.419 e. The van der Waals surface area contributed by atoms with Crippen molar-refractivity contribution >= 4 is 38.9 Å². The van der Waals surface area contributed by atoms with Gasteiger partial charge in [-0.3, -0.25) is 4.72 Å². The quantitative estimate of drug-likeness (QED) is 0.732. The van der Waals surface area contributed by atoms with Crippen molar-refractivity contribution in [2.24, 2.45) is 0 Å². The van der Waals surface area contributed by atoms with E-state index >= 15 is 0 Å². The summed E-state index contributed by atoms with van der Waals surface area (Å²) in [5.74, 6) is -2.38. The summed E-state index contributed by atoms with van der Waals surface area (Å²) in [4.78, 5) is -0.738. The van der Waals surface area contributed by atoms with E-state index in [1.807, 2.05) is 0 Å². The normalized spacial score (nSPS) is 12.2. The number of hydrogen-bond donors (Lipinski definition) is 2. The molecule has 130 valence electrons. The Kier molecular flexibility index (Phi) is 4.89. The van der Waals surface area contributed by atoms with E-state index in [2.05, 4.69) is 0 Å². The molecule has 0 fully saturated rings. The average Bonchev–Trinajstić information content (AvgIpc) is 2.43. The second-order valence-electron chi connectivity index (χ2n) is 4.53. The summed E-state index contributed by atoms with van der Waals surface area (Å²) < 4.78 is 77.4. The number of nitrogens with one attached hydrogen (secondary N) is 1. The van der Waals surface area contributed by atoms with E-state index in [0.717, 1.165) is 18.2 Å². The van der Waals surface area contributed by atoms with Crippen molar-refractivity contribution in [1.82, 2.24) is 0 Å². The third-order valence-electron chi connectivity index (χ3n) is 2.81. The molecule has 0 spiro atoms. The average molecular weight is 404 g/mol. The third-order valence-corrected chi connectivity index (χ3v) is 4.71. The zero-order valence-electron chi connectivity index (χ0n) is 11.3. The van der Waals surface area contributed by atoms with Gasteiger partial charge in [0, 0.05) is 10.7 Å². The maximum absolute atomic E-state index is 13.2. The molecule has 0 saturated heterocycles. The summed E-state index contributed by atoms with van der Waals surface area (Å²) in [6.45, 7) is 0. The van der Waals surface area contributed by atoms with Crippen LogP contribution in [-0.2, 0) is 16.2 Å². The lowest BCUT2D eigenvalue weighted by Gasteiger charge is -2.13. The Hall–Kier alpha value is -1.71. The third kappa shape index (κ3) is 3.85. The fourth-order valence-corrected chi connectivity index (χ4v) is 3.57. The molecule has 0 amide bonds. The molecule has 0 saturated carbocycles. The molecule has 0 aliphatic heterocycles. The zero-order valence-corrected chi connectivity index (χ0v) is 13.7. The van der Waals surface area contributed by atoms with Gasteiger partial charge in [-0.2, -0.15) is 13.2 Å². The van der Waals surface area contributed by atoms with Crippen LogP contribution in [0.1, 0.15) is 5.56 Å². The summed E-state index contributed by atoms with van der Waals surface area (Å²) in [5, 5.41) is 9.23. The molecule has 0 unspecified atom stereocenters. The number of alkyl halides is 3. The van der Waals surface area contributed by atoms with Gasteiger partial charge in [-0.1, -0.05) is 23.2 Å². The minimum absolute atomic E-state index is 0.117. The smallest absolute Gasteiger partial charge is 0.419 e. The molecule has 11 heteroatoms. The number of sulfonamides is 1. The van der Waals surface area contributed by atoms with Gasteiger partial charge in [-0.25, -0.2) is 12.8 Å². The molecular formula is C13H7Cl2F4NO3S. The number of hydrogen-bond acceptors (Lipinski definition) is 3. The van der Waals surface area contributed by atoms with Crippen LogP contribution in [0.25, 0.3) is 0 Å². The highest BCUT2D eigenvalue weighted by molar-refractivity contribution is 7.92. The Balaban J connectivity index is 2.48. The Bertz CT molecular complexity index is 901. The molecule has 0 heterocycles. The predicted octanol–water partition coefficient (Wildman–Crippen LogP) is 4.66. The van der Waals surface area contributed by atoms with Crippen LogP contribution in [0.4, 0.5) is 23.2 Å². The van der Waals surface area contributed by atoms with Crippen LogP contribution >= 0.6 is 23.2 Å². The van der Waals surface area contributed by atoms with E-state index in [9.17, 15) is 31.1 Å². The molecule has 0 aromatic heterocycles. The SMILES string of the molecule is O=S(=O)(Nc1ccc(F)c(C(F)(F)F)c1)c1cc(Cl)cc(Cl)c1O. The number of phenols is 1. The van der Waals surface area contributed by atoms with Crippen LogP contribution in [0.5, 0.6) is 5.75 Å². The van der Waals surface area contributed by atoms with Crippen molar-refractivity contribution in [3.63, 3.8) is 0 Å². The summed E-state index contributed by atoms with van der Waals surface area (Å²) in [6.07, 6.45) is -5.01. The van der Waals surface area contributed by atoms with Crippen molar-refractivity contribution in [3.05, 3.63) is 51.8 Å². The van der Waals surface area contributed by atoms with E-state index in [-0.39, 0.29) is 16.1 Å². The lowest BCUT2D eigenvalue weighted by atomic mass is 10.2. The van der Waals surface area contributed by atoms with Gasteiger partial charge >= 0.3 is 6.18 Å². The van der Waals surface area contributed by atoms with Gasteiger partial charge in [0.25, 0.3) is 10.0 Å². The van der Waals surface area contributed by atoms with Gasteiger partial charge in [-0.05, 0) is 30.3 Å². The highest BCUT2D eigenvalue weighted by Gasteiger charge is 2.34. The van der Waals surface area contributed by atoms with Gasteiger partial charge in [0.05, 0.1) is 10.6 Å². The largest absolute Gasteiger partial charge is 0.505 e. The molecule has 0 bridgehead atoms. The predicted molar refractivity (Wildman–Crippen MR) is 80.3 cm³/mol. The zero-order chi connectivity index (χ0) is 18.3. The van der Waals surface area contributed by atoms with Crippen LogP contribution < -0.4 is 4.72 Å². The topological polar surface area (TPSA) is 66.4 Å². The summed E-state index contributed by atoms with van der Waals surface area (Å²) in [5.41, 5.74) is -2.20. The van der Waals surface area contributed by atoms with E-state index in [1.54, 1.807) is 4.72 Å². The Morgan fingerprint density at radius 1 is 1.08 bits per heavy atom. The summed E-state index contributed by atoms with van der Waals surface area (Å²) >= 11 is 11.3. The van der Waals surface area contributed by atoms with Gasteiger partial charge < -0.3 is 5.11 Å². The van der Waals surface area contributed by atoms with Gasteiger partial charge in [0.15, 0.2) is 5.75 Å². The lowest BCUT2D eigenvalue weighted by molar-refractivity contribution is -0.139. The van der Waals surface area contributed by atoms with Gasteiger partial charge in [0.1, 0.15) is 10.7 Å². The fraction of sp³-hybridized carbons (Fsp3) is 0.0769. The number of benzene rings is 2. The molecule has 24 heavy (non-hydrogen) atoms. The van der Waals surface area contributed by atoms with Crippen LogP contribution in [0, 0.1) is 5.82 Å². The molecule has 0 aliphatic carbocycles. The first kappa shape index (κ1) is 18.6. The number of phenolic OH excluding ortho intramolecular Hbond substituents is 1. The van der Waals surface area contributed by atoms with Crippen LogP contribution in [0.3, 0.4) is 0 Å². The second kappa shape index (κ2) is 6.30. The molecule has 0 atom stereocenters. The van der Waals surface area contributed by atoms with Crippen LogP contribution in [0.2, 0.25) is 10.0 Å². The number of aromatic hydroxyl groups is 1. The first-order valence-corrected chi connectivity index (χ1v) is 8.23. The van der Waals surface area contributed by atoms with Crippen LogP contribution in [0.15, 0.2) is 35.2 Å². The minimum atomic E-state index is -5.01. The molecule has 0 aliphatic rings. The van der Waals surface area contributed by atoms with Crippen molar-refractivity contribution in [2.45, 2.75) is 11.1 Å². The summed E-state index contributed by atoms with van der Waals surface area (Å²) in [6, 6.07) is 3.49. The molecule has 2 aromatic rings. The molecular weight excluding hydrogens is 397 g/mol. The molecule has 2 rings (SSSR count). The standard InChI is InChI=1S/C13H7Cl2F4NO3S/c14-6-3-9(15)12(21)11(4-6)24(22,23)20-7-1-2-10(16)8(5-7)13(17,18)19/h1-5,20-21H. The number of halogens is 6. The maximum atomic E-state index is 13.2. The van der Waals surface area contributed by atoms with Crippen molar-refractivity contribution < 1.29 is 31.1 Å². The summed E-state index contributed by atoms with van der Waals surface area (Å²) in [7, 11) is -4.52. The van der Waals surface area contributed by atoms with Gasteiger partial charge in [-0.15, -0.1) is 0 Å². The first-order chi connectivity index (χ1) is 10.9. The molecule has 0 radical (unpaired) electrons. The van der Waals surface area contributed by atoms with E-state index in [4.69, 9.17) is 23.2 Å². The second-order valence-corrected chi connectivity index (χ2v) is 7.03. The Labute approximate surface area is 143 Å².